The Balaban J connectivity index is 7.43. The highest BCUT2D eigenvalue weighted by atomic mass is 32.2. The molecule has 0 heterocycles. The molecule has 0 saturated heterocycles. The van der Waals surface area contributed by atoms with Crippen LogP contribution in [0.5, 0.6) is 0 Å². The number of nitrogens with one attached hydrogen (secondary N) is 3. The summed E-state index contributed by atoms with van der Waals surface area (Å²) >= 11 is 0. The monoisotopic (exact) mass is 795 g/mol. The zero-order chi connectivity index (χ0) is 42.2. The van der Waals surface area contributed by atoms with Crippen LogP contribution in [0.15, 0.2) is 0 Å². The third-order valence-corrected chi connectivity index (χ3v) is 8.08. The van der Waals surface area contributed by atoms with E-state index in [2.05, 4.69) is 16.0 Å². The Kier molecular flexibility index (Phi) is 20.7. The van der Waals surface area contributed by atoms with Crippen molar-refractivity contribution in [2.45, 2.75) is 195 Å². The number of nitrogens with zero attached hydrogens (tertiary/aromatic N) is 1. The van der Waals surface area contributed by atoms with Gasteiger partial charge in [-0.2, -0.15) is 8.42 Å². The third kappa shape index (κ3) is 24.4. The predicted molar refractivity (Wildman–Crippen MR) is 209 cm³/mol. The van der Waals surface area contributed by atoms with E-state index < -0.39 is 74.6 Å². The second-order valence-corrected chi connectivity index (χ2v) is 19.5. The molecule has 3 N–H and O–H groups in total. The molecule has 2 unspecified atom stereocenters. The average Bonchev–Trinajstić information content (AvgIpc) is 2.92. The Labute approximate surface area is 326 Å². The molecule has 0 radical (unpaired) electrons. The lowest BCUT2D eigenvalue weighted by Gasteiger charge is -2.45. The van der Waals surface area contributed by atoms with Gasteiger partial charge in [0.05, 0.1) is 12.9 Å². The topological polar surface area (TPSA) is 188 Å². The zero-order valence-corrected chi connectivity index (χ0v) is 36.8. The van der Waals surface area contributed by atoms with Crippen LogP contribution >= 0.6 is 0 Å². The maximum Gasteiger partial charge on any atom is 0.411 e. The van der Waals surface area contributed by atoms with Gasteiger partial charge < -0.3 is 24.3 Å². The number of carbonyl (C=O) groups is 4. The molecule has 0 bridgehead atoms. The molecule has 0 aromatic rings. The summed E-state index contributed by atoms with van der Waals surface area (Å²) in [5, 5.41) is 8.87. The molecule has 54 heavy (non-hydrogen) atoms. The van der Waals surface area contributed by atoms with E-state index in [9.17, 15) is 27.6 Å². The van der Waals surface area contributed by atoms with Crippen LogP contribution in [-0.4, -0.2) is 91.3 Å². The summed E-state index contributed by atoms with van der Waals surface area (Å²) in [4.78, 5) is 56.2. The van der Waals surface area contributed by atoms with E-state index in [1.807, 2.05) is 13.8 Å². The first-order valence-corrected chi connectivity index (χ1v) is 21.1. The van der Waals surface area contributed by atoms with Crippen molar-refractivity contribution in [3.8, 4) is 0 Å². The maximum absolute atomic E-state index is 14.2. The minimum atomic E-state index is -3.57. The molecule has 0 saturated carbocycles. The van der Waals surface area contributed by atoms with Crippen LogP contribution in [0.1, 0.15) is 161 Å². The fourth-order valence-corrected chi connectivity index (χ4v) is 5.87. The van der Waals surface area contributed by atoms with Gasteiger partial charge in [0, 0.05) is 12.5 Å². The molecule has 318 valence electrons. The van der Waals surface area contributed by atoms with Gasteiger partial charge in [0.2, 0.25) is 0 Å². The molecular formula is C38H74N4O11S. The highest BCUT2D eigenvalue weighted by Gasteiger charge is 2.45. The molecule has 0 aliphatic rings. The van der Waals surface area contributed by atoms with E-state index in [1.165, 1.54) is 4.90 Å². The van der Waals surface area contributed by atoms with Crippen LogP contribution in [0.3, 0.4) is 0 Å². The molecule has 0 fully saturated rings. The standard InChI is InChI=1S/C38H74N4O11S/c1-16-18-25-38(40-31(44)51-35(6,7)8,41-32(45)52-36(9,10)11)28(24-21-19-20-22-26-49-54(15,47)48)27-42(33(46)53-37(12,13)14)29(23-17-2)39-30(43)50-34(3,4)5/h28-29H,16-27H2,1-15H3,(H,39,43)(H,40,44)(H,41,45). The number of amides is 4. The van der Waals surface area contributed by atoms with Crippen molar-refractivity contribution in [3.63, 3.8) is 0 Å². The van der Waals surface area contributed by atoms with Gasteiger partial charge in [0.15, 0.2) is 0 Å². The Morgan fingerprint density at radius 1 is 0.611 bits per heavy atom. The van der Waals surface area contributed by atoms with Crippen molar-refractivity contribution in [1.82, 2.24) is 20.9 Å². The highest BCUT2D eigenvalue weighted by molar-refractivity contribution is 7.85. The molecule has 0 aliphatic carbocycles. The number of hydrogen-bond donors (Lipinski definition) is 3. The fraction of sp³-hybridized carbons (Fsp3) is 0.895. The largest absolute Gasteiger partial charge is 0.444 e. The fourth-order valence-electron chi connectivity index (χ4n) is 5.45. The summed E-state index contributed by atoms with van der Waals surface area (Å²) in [7, 11) is -3.57. The maximum atomic E-state index is 14.2. The number of rotatable bonds is 20. The summed E-state index contributed by atoms with van der Waals surface area (Å²) in [5.74, 6) is -0.691. The second kappa shape index (κ2) is 21.9. The Morgan fingerprint density at radius 3 is 1.50 bits per heavy atom. The average molecular weight is 795 g/mol. The van der Waals surface area contributed by atoms with E-state index in [0.29, 0.717) is 57.8 Å². The van der Waals surface area contributed by atoms with E-state index in [-0.39, 0.29) is 19.6 Å². The van der Waals surface area contributed by atoms with Crippen LogP contribution in [0.2, 0.25) is 0 Å². The first-order valence-electron chi connectivity index (χ1n) is 19.3. The number of ether oxygens (including phenoxy) is 4. The van der Waals surface area contributed by atoms with Crippen molar-refractivity contribution in [3.05, 3.63) is 0 Å². The van der Waals surface area contributed by atoms with E-state index in [0.717, 1.165) is 6.26 Å². The van der Waals surface area contributed by atoms with Crippen LogP contribution in [-0.2, 0) is 33.2 Å². The normalized spacial score (nSPS) is 14.0. The van der Waals surface area contributed by atoms with Gasteiger partial charge in [-0.25, -0.2) is 19.2 Å². The Bertz CT molecular complexity index is 1250. The Morgan fingerprint density at radius 2 is 1.07 bits per heavy atom. The van der Waals surface area contributed by atoms with Gasteiger partial charge >= 0.3 is 24.4 Å². The quantitative estimate of drug-likeness (QED) is 0.0465. The SMILES string of the molecule is CCCCC(NC(=O)OC(C)(C)C)(NC(=O)OC(C)(C)C)C(CCCCCCOS(C)(=O)=O)CN(C(=O)OC(C)(C)C)C(CCC)NC(=O)OC(C)(C)C. The third-order valence-electron chi connectivity index (χ3n) is 7.48. The lowest BCUT2D eigenvalue weighted by molar-refractivity contribution is -0.00953. The summed E-state index contributed by atoms with van der Waals surface area (Å²) in [5.41, 5.74) is -4.96. The van der Waals surface area contributed by atoms with Crippen LogP contribution < -0.4 is 16.0 Å². The number of carbonyl (C=O) groups excluding carboxylic acids is 4. The van der Waals surface area contributed by atoms with Gasteiger partial charge in [-0.15, -0.1) is 0 Å². The van der Waals surface area contributed by atoms with Gasteiger partial charge in [-0.3, -0.25) is 19.7 Å². The number of unbranched alkanes of at least 4 members (excludes halogenated alkanes) is 4. The first-order chi connectivity index (χ1) is 24.4. The molecule has 0 rings (SSSR count). The van der Waals surface area contributed by atoms with Gasteiger partial charge in [0.25, 0.3) is 10.1 Å². The molecule has 4 amide bonds. The van der Waals surface area contributed by atoms with Gasteiger partial charge in [-0.05, 0) is 115 Å². The van der Waals surface area contributed by atoms with Crippen LogP contribution in [0.25, 0.3) is 0 Å². The smallest absolute Gasteiger partial charge is 0.411 e. The summed E-state index contributed by atoms with van der Waals surface area (Å²) < 4.78 is 50.7. The van der Waals surface area contributed by atoms with Gasteiger partial charge in [0.1, 0.15) is 34.2 Å². The lowest BCUT2D eigenvalue weighted by atomic mass is 9.82. The molecule has 2 atom stereocenters. The van der Waals surface area contributed by atoms with E-state index in [1.54, 1.807) is 83.1 Å². The molecule has 16 heteroatoms. The van der Waals surface area contributed by atoms with E-state index >= 15 is 0 Å². The van der Waals surface area contributed by atoms with Crippen molar-refractivity contribution < 1.29 is 50.7 Å². The van der Waals surface area contributed by atoms with Crippen molar-refractivity contribution in [2.75, 3.05) is 19.4 Å². The number of hydrogen-bond acceptors (Lipinski definition) is 11. The summed E-state index contributed by atoms with van der Waals surface area (Å²) in [6.45, 7) is 24.7. The predicted octanol–water partition coefficient (Wildman–Crippen LogP) is 8.35. The number of alkyl carbamates (subject to hydrolysis) is 3. The molecule has 0 aromatic heterocycles. The molecular weight excluding hydrogens is 721 g/mol. The lowest BCUT2D eigenvalue weighted by Crippen LogP contribution is -2.68. The molecule has 0 spiro atoms. The van der Waals surface area contributed by atoms with Gasteiger partial charge in [-0.1, -0.05) is 46.0 Å². The molecule has 15 nitrogen and oxygen atoms in total. The summed E-state index contributed by atoms with van der Waals surface area (Å²) in [6.07, 6.45) is 2.25. The summed E-state index contributed by atoms with van der Waals surface area (Å²) in [6, 6.07) is 0. The van der Waals surface area contributed by atoms with Crippen LogP contribution in [0, 0.1) is 5.92 Å². The van der Waals surface area contributed by atoms with Crippen molar-refractivity contribution in [2.24, 2.45) is 5.92 Å². The van der Waals surface area contributed by atoms with Crippen molar-refractivity contribution in [1.29, 1.82) is 0 Å². The molecule has 0 aromatic carbocycles. The minimum Gasteiger partial charge on any atom is -0.444 e. The molecule has 0 aliphatic heterocycles. The Hall–Kier alpha value is -3.01. The highest BCUT2D eigenvalue weighted by Crippen LogP contribution is 2.31. The zero-order valence-electron chi connectivity index (χ0n) is 36.0. The second-order valence-electron chi connectivity index (χ2n) is 17.8. The van der Waals surface area contributed by atoms with E-state index in [4.69, 9.17) is 23.1 Å². The van der Waals surface area contributed by atoms with Crippen LogP contribution in [0.4, 0.5) is 19.2 Å². The van der Waals surface area contributed by atoms with Crippen molar-refractivity contribution >= 4 is 34.5 Å². The first kappa shape index (κ1) is 51.0. The minimum absolute atomic E-state index is 0.0462.